The van der Waals surface area contributed by atoms with Crippen LogP contribution in [0.4, 0.5) is 0 Å². The third-order valence-corrected chi connectivity index (χ3v) is 7.12. The van der Waals surface area contributed by atoms with Crippen LogP contribution in [0.3, 0.4) is 0 Å². The fourth-order valence-electron chi connectivity index (χ4n) is 3.96. The second kappa shape index (κ2) is 8.62. The highest BCUT2D eigenvalue weighted by molar-refractivity contribution is 7.89. The molecule has 1 unspecified atom stereocenters. The first kappa shape index (κ1) is 22.1. The van der Waals surface area contributed by atoms with Crippen molar-refractivity contribution in [2.24, 2.45) is 0 Å². The van der Waals surface area contributed by atoms with Gasteiger partial charge in [0.05, 0.1) is 17.6 Å². The van der Waals surface area contributed by atoms with Gasteiger partial charge in [0.15, 0.2) is 0 Å². The van der Waals surface area contributed by atoms with Crippen molar-refractivity contribution in [3.05, 3.63) is 64.8 Å². The molecule has 160 valence electrons. The summed E-state index contributed by atoms with van der Waals surface area (Å²) in [4.78, 5) is 12.1. The Bertz CT molecular complexity index is 1170. The Morgan fingerprint density at radius 3 is 2.37 bits per heavy atom. The zero-order chi connectivity index (χ0) is 22.1. The average Bonchev–Trinajstić information content (AvgIpc) is 3.07. The number of sulfonamides is 1. The van der Waals surface area contributed by atoms with Gasteiger partial charge in [-0.15, -0.1) is 0 Å². The topological polar surface area (TPSA) is 77.4 Å². The van der Waals surface area contributed by atoms with Crippen LogP contribution in [0.15, 0.2) is 47.5 Å². The number of nitrogens with zero attached hydrogens (tertiary/aromatic N) is 1. The maximum atomic E-state index is 13.1. The molecule has 1 aromatic heterocycles. The monoisotopic (exact) mass is 428 g/mol. The summed E-state index contributed by atoms with van der Waals surface area (Å²) in [6.45, 7) is 8.06. The van der Waals surface area contributed by atoms with Gasteiger partial charge < -0.3 is 9.30 Å². The minimum Gasteiger partial charge on any atom is -0.465 e. The van der Waals surface area contributed by atoms with Crippen LogP contribution in [0.5, 0.6) is 0 Å². The van der Waals surface area contributed by atoms with E-state index in [1.54, 1.807) is 12.1 Å². The van der Waals surface area contributed by atoms with Crippen LogP contribution in [0.2, 0.25) is 0 Å². The van der Waals surface area contributed by atoms with Gasteiger partial charge in [0, 0.05) is 29.7 Å². The lowest BCUT2D eigenvalue weighted by atomic mass is 10.1. The number of nitrogens with one attached hydrogen (secondary N) is 1. The minimum absolute atomic E-state index is 0.272. The van der Waals surface area contributed by atoms with Crippen molar-refractivity contribution in [2.45, 2.75) is 51.6 Å². The molecular formula is C23H28N2O4S. The first-order valence-electron chi connectivity index (χ1n) is 9.93. The smallest absolute Gasteiger partial charge is 0.337 e. The molecule has 3 aromatic rings. The van der Waals surface area contributed by atoms with Crippen molar-refractivity contribution in [3.8, 4) is 0 Å². The minimum atomic E-state index is -3.65. The van der Waals surface area contributed by atoms with Gasteiger partial charge in [0.25, 0.3) is 0 Å². The largest absolute Gasteiger partial charge is 0.465 e. The third-order valence-electron chi connectivity index (χ3n) is 5.30. The number of carbonyl (C=O) groups is 1. The highest BCUT2D eigenvalue weighted by Crippen LogP contribution is 2.23. The number of methoxy groups -OCH3 is 1. The molecule has 3 rings (SSSR count). The van der Waals surface area contributed by atoms with Crippen LogP contribution >= 0.6 is 0 Å². The summed E-state index contributed by atoms with van der Waals surface area (Å²) >= 11 is 0. The third kappa shape index (κ3) is 4.42. The van der Waals surface area contributed by atoms with E-state index in [0.29, 0.717) is 23.4 Å². The van der Waals surface area contributed by atoms with Crippen LogP contribution < -0.4 is 4.72 Å². The quantitative estimate of drug-likeness (QED) is 0.575. The molecule has 2 aromatic carbocycles. The molecule has 0 aliphatic carbocycles. The molecule has 6 nitrogen and oxygen atoms in total. The number of aryl methyl sites for hydroxylation is 3. The highest BCUT2D eigenvalue weighted by Gasteiger charge is 2.23. The van der Waals surface area contributed by atoms with E-state index in [-0.39, 0.29) is 12.0 Å². The van der Waals surface area contributed by atoms with Crippen LogP contribution in [-0.2, 0) is 21.3 Å². The van der Waals surface area contributed by atoms with Crippen LogP contribution in [-0.4, -0.2) is 32.1 Å². The maximum absolute atomic E-state index is 13.1. The summed E-state index contributed by atoms with van der Waals surface area (Å²) in [6.07, 6.45) is 2.55. The van der Waals surface area contributed by atoms with Crippen LogP contribution in [0.1, 0.15) is 40.4 Å². The Morgan fingerprint density at radius 2 is 1.77 bits per heavy atom. The molecule has 0 radical (unpaired) electrons. The SMILES string of the molecule is CCC(Cn1ccc2cc(C(=O)OC)ccc21)NS(=O)(=O)c1c(C)cc(C)cc1C. The fourth-order valence-corrected chi connectivity index (χ4v) is 5.72. The summed E-state index contributed by atoms with van der Waals surface area (Å²) in [5, 5.41) is 0.904. The number of hydrogen-bond acceptors (Lipinski definition) is 4. The lowest BCUT2D eigenvalue weighted by Crippen LogP contribution is -2.38. The molecule has 0 bridgehead atoms. The van der Waals surface area contributed by atoms with Gasteiger partial charge in [-0.05, 0) is 62.6 Å². The predicted octanol–water partition coefficient (Wildman–Crippen LogP) is 4.11. The van der Waals surface area contributed by atoms with Gasteiger partial charge in [-0.2, -0.15) is 0 Å². The van der Waals surface area contributed by atoms with E-state index in [0.717, 1.165) is 27.6 Å². The van der Waals surface area contributed by atoms with Crippen LogP contribution in [0, 0.1) is 20.8 Å². The van der Waals surface area contributed by atoms with Crippen molar-refractivity contribution in [2.75, 3.05) is 7.11 Å². The first-order chi connectivity index (χ1) is 14.2. The van der Waals surface area contributed by atoms with Crippen molar-refractivity contribution >= 4 is 26.9 Å². The second-order valence-corrected chi connectivity index (χ2v) is 9.34. The number of rotatable bonds is 7. The normalized spacial score (nSPS) is 12.8. The molecule has 0 aliphatic heterocycles. The molecule has 0 aliphatic rings. The molecule has 0 saturated carbocycles. The number of aromatic nitrogens is 1. The summed E-state index contributed by atoms with van der Waals surface area (Å²) in [7, 11) is -2.30. The van der Waals surface area contributed by atoms with Gasteiger partial charge in [0.1, 0.15) is 0 Å². The number of ether oxygens (including phenoxy) is 1. The first-order valence-corrected chi connectivity index (χ1v) is 11.4. The van der Waals surface area contributed by atoms with E-state index in [1.807, 2.05) is 62.7 Å². The average molecular weight is 429 g/mol. The standard InChI is InChI=1S/C23H28N2O4S/c1-6-20(24-30(27,28)22-16(3)11-15(2)12-17(22)4)14-25-10-9-18-13-19(23(26)29-5)7-8-21(18)25/h7-13,20,24H,6,14H2,1-5H3. The second-order valence-electron chi connectivity index (χ2n) is 7.69. The summed E-state index contributed by atoms with van der Waals surface area (Å²) < 4.78 is 35.9. The Labute approximate surface area is 177 Å². The van der Waals surface area contributed by atoms with Gasteiger partial charge in [-0.25, -0.2) is 17.9 Å². The molecule has 1 atom stereocenters. The molecular weight excluding hydrogens is 400 g/mol. The Kier molecular flexibility index (Phi) is 6.33. The lowest BCUT2D eigenvalue weighted by Gasteiger charge is -2.20. The van der Waals surface area contributed by atoms with E-state index in [2.05, 4.69) is 4.72 Å². The highest BCUT2D eigenvalue weighted by atomic mass is 32.2. The molecule has 1 N–H and O–H groups in total. The molecule has 0 fully saturated rings. The van der Waals surface area contributed by atoms with Gasteiger partial charge in [-0.1, -0.05) is 24.6 Å². The van der Waals surface area contributed by atoms with E-state index >= 15 is 0 Å². The summed E-state index contributed by atoms with van der Waals surface area (Å²) in [6, 6.07) is 10.8. The van der Waals surface area contributed by atoms with E-state index in [4.69, 9.17) is 4.74 Å². The van der Waals surface area contributed by atoms with E-state index in [9.17, 15) is 13.2 Å². The zero-order valence-electron chi connectivity index (χ0n) is 18.0. The molecule has 0 spiro atoms. The molecule has 1 heterocycles. The van der Waals surface area contributed by atoms with Crippen molar-refractivity contribution in [1.82, 2.24) is 9.29 Å². The van der Waals surface area contributed by atoms with Crippen molar-refractivity contribution < 1.29 is 17.9 Å². The van der Waals surface area contributed by atoms with Gasteiger partial charge in [0.2, 0.25) is 10.0 Å². The Hall–Kier alpha value is -2.64. The fraction of sp³-hybridized carbons (Fsp3) is 0.348. The molecule has 0 amide bonds. The zero-order valence-corrected chi connectivity index (χ0v) is 18.8. The Morgan fingerprint density at radius 1 is 1.10 bits per heavy atom. The Balaban J connectivity index is 1.86. The van der Waals surface area contributed by atoms with Gasteiger partial charge in [-0.3, -0.25) is 0 Å². The molecule has 7 heteroatoms. The van der Waals surface area contributed by atoms with Gasteiger partial charge >= 0.3 is 5.97 Å². The van der Waals surface area contributed by atoms with Crippen molar-refractivity contribution in [1.29, 1.82) is 0 Å². The van der Waals surface area contributed by atoms with Crippen LogP contribution in [0.25, 0.3) is 10.9 Å². The molecule has 30 heavy (non-hydrogen) atoms. The summed E-state index contributed by atoms with van der Waals surface area (Å²) in [5.41, 5.74) is 3.96. The summed E-state index contributed by atoms with van der Waals surface area (Å²) in [5.74, 6) is -0.382. The number of benzene rings is 2. The lowest BCUT2D eigenvalue weighted by molar-refractivity contribution is 0.0601. The number of fused-ring (bicyclic) bond motifs is 1. The van der Waals surface area contributed by atoms with E-state index in [1.165, 1.54) is 7.11 Å². The number of hydrogen-bond donors (Lipinski definition) is 1. The van der Waals surface area contributed by atoms with E-state index < -0.39 is 10.0 Å². The maximum Gasteiger partial charge on any atom is 0.337 e. The number of carbonyl (C=O) groups excluding carboxylic acids is 1. The molecule has 0 saturated heterocycles. The predicted molar refractivity (Wildman–Crippen MR) is 118 cm³/mol. The van der Waals surface area contributed by atoms with Crippen molar-refractivity contribution in [3.63, 3.8) is 0 Å². The number of esters is 1.